The number of nitrogens with zero attached hydrogens (tertiary/aromatic N) is 4. The summed E-state index contributed by atoms with van der Waals surface area (Å²) in [7, 11) is -4.12. The van der Waals surface area contributed by atoms with Gasteiger partial charge in [-0.3, -0.25) is 24.5 Å². The highest BCUT2D eigenvalue weighted by Gasteiger charge is 2.28. The number of sulfonamides is 1. The zero-order valence-corrected chi connectivity index (χ0v) is 19.3. The van der Waals surface area contributed by atoms with Crippen molar-refractivity contribution in [1.82, 2.24) is 10.2 Å². The number of carbonyl (C=O) groups is 1. The van der Waals surface area contributed by atoms with E-state index >= 15 is 0 Å². The summed E-state index contributed by atoms with van der Waals surface area (Å²) in [5.41, 5.74) is -0.0766. The van der Waals surface area contributed by atoms with Crippen LogP contribution < -0.4 is 9.62 Å². The van der Waals surface area contributed by atoms with Crippen LogP contribution in [0.25, 0.3) is 0 Å². The average molecular weight is 494 g/mol. The molecule has 0 bridgehead atoms. The topological polar surface area (TPSA) is 135 Å². The monoisotopic (exact) mass is 493 g/mol. The Morgan fingerprint density at radius 3 is 2.47 bits per heavy atom. The van der Waals surface area contributed by atoms with Crippen molar-refractivity contribution < 1.29 is 18.1 Å². The molecule has 0 fully saturated rings. The Kier molecular flexibility index (Phi) is 7.77. The second-order valence-electron chi connectivity index (χ2n) is 6.37. The molecule has 0 atom stereocenters. The minimum absolute atomic E-state index is 0.0136. The molecule has 0 aliphatic heterocycles. The molecule has 0 unspecified atom stereocenters. The lowest BCUT2D eigenvalue weighted by atomic mass is 10.3. The fraction of sp³-hybridized carbons (Fsp3) is 0.211. The van der Waals surface area contributed by atoms with E-state index in [1.54, 1.807) is 18.2 Å². The second kappa shape index (κ2) is 10.5. The van der Waals surface area contributed by atoms with Crippen molar-refractivity contribution in [3.05, 3.63) is 64.7 Å². The van der Waals surface area contributed by atoms with Gasteiger partial charge in [0.05, 0.1) is 15.5 Å². The summed E-state index contributed by atoms with van der Waals surface area (Å²) in [6.07, 6.45) is 0.966. The number of rotatable bonds is 10. The molecular formula is C19H19N5O5S3. The number of anilines is 2. The molecule has 1 N–H and O–H groups in total. The molecule has 0 spiro atoms. The molecule has 1 amide bonds. The number of hydrogen-bond donors (Lipinski definition) is 1. The normalized spacial score (nSPS) is 11.2. The van der Waals surface area contributed by atoms with Gasteiger partial charge >= 0.3 is 0 Å². The minimum atomic E-state index is -4.12. The lowest BCUT2D eigenvalue weighted by Crippen LogP contribution is -2.38. The van der Waals surface area contributed by atoms with Crippen molar-refractivity contribution in [2.24, 2.45) is 0 Å². The molecule has 3 rings (SSSR count). The van der Waals surface area contributed by atoms with Gasteiger partial charge in [-0.25, -0.2) is 8.42 Å². The zero-order chi connectivity index (χ0) is 23.1. The largest absolute Gasteiger partial charge is 0.299 e. The maximum absolute atomic E-state index is 13.2. The smallest absolute Gasteiger partial charge is 0.269 e. The van der Waals surface area contributed by atoms with Gasteiger partial charge in [0.15, 0.2) is 4.34 Å². The van der Waals surface area contributed by atoms with E-state index < -0.39 is 27.4 Å². The van der Waals surface area contributed by atoms with Gasteiger partial charge in [0, 0.05) is 17.9 Å². The van der Waals surface area contributed by atoms with Crippen LogP contribution >= 0.6 is 23.1 Å². The molecule has 0 saturated heterocycles. The van der Waals surface area contributed by atoms with Gasteiger partial charge in [0.1, 0.15) is 6.54 Å². The molecule has 32 heavy (non-hydrogen) atoms. The van der Waals surface area contributed by atoms with Crippen molar-refractivity contribution in [3.63, 3.8) is 0 Å². The van der Waals surface area contributed by atoms with Crippen molar-refractivity contribution in [3.8, 4) is 0 Å². The van der Waals surface area contributed by atoms with E-state index in [0.717, 1.165) is 16.5 Å². The first-order valence-corrected chi connectivity index (χ1v) is 12.6. The summed E-state index contributed by atoms with van der Waals surface area (Å²) >= 11 is 2.72. The Bertz CT molecular complexity index is 1180. The summed E-state index contributed by atoms with van der Waals surface area (Å²) in [5.74, 6) is 0.247. The van der Waals surface area contributed by atoms with Crippen LogP contribution in [-0.4, -0.2) is 41.7 Å². The van der Waals surface area contributed by atoms with E-state index in [1.165, 1.54) is 59.5 Å². The van der Waals surface area contributed by atoms with Gasteiger partial charge in [-0.15, -0.1) is 10.2 Å². The highest BCUT2D eigenvalue weighted by molar-refractivity contribution is 8.01. The first-order chi connectivity index (χ1) is 15.3. The SMILES string of the molecule is CCCSc1nnc(NC(=O)CN(c2ccc([N+](=O)[O-])cc2)S(=O)(=O)c2ccccc2)s1. The third-order valence-corrected chi connectivity index (χ3v) is 8.02. The quantitative estimate of drug-likeness (QED) is 0.195. The van der Waals surface area contributed by atoms with Crippen LogP contribution in [0.15, 0.2) is 63.8 Å². The van der Waals surface area contributed by atoms with Crippen molar-refractivity contribution in [1.29, 1.82) is 0 Å². The van der Waals surface area contributed by atoms with Crippen LogP contribution in [0.5, 0.6) is 0 Å². The van der Waals surface area contributed by atoms with E-state index in [2.05, 4.69) is 15.5 Å². The Balaban J connectivity index is 1.86. The van der Waals surface area contributed by atoms with E-state index in [1.807, 2.05) is 6.92 Å². The summed E-state index contributed by atoms with van der Waals surface area (Å²) < 4.78 is 28.1. The molecule has 0 radical (unpaired) electrons. The number of thioether (sulfide) groups is 1. The van der Waals surface area contributed by atoms with Crippen molar-refractivity contribution >= 4 is 55.5 Å². The van der Waals surface area contributed by atoms with Crippen molar-refractivity contribution in [2.45, 2.75) is 22.6 Å². The summed E-state index contributed by atoms with van der Waals surface area (Å²) in [5, 5.41) is 21.7. The minimum Gasteiger partial charge on any atom is -0.299 e. The summed E-state index contributed by atoms with van der Waals surface area (Å²) in [6, 6.07) is 12.6. The number of hydrogen-bond acceptors (Lipinski definition) is 9. The highest BCUT2D eigenvalue weighted by Crippen LogP contribution is 2.28. The number of nitro groups is 1. The molecule has 0 aliphatic carbocycles. The standard InChI is InChI=1S/C19H19N5O5S3/c1-2-12-30-19-22-21-18(31-19)20-17(25)13-23(14-8-10-15(11-9-14)24(26)27)32(28,29)16-6-4-3-5-7-16/h3-11H,2,12-13H2,1H3,(H,20,21,25). The second-order valence-corrected chi connectivity index (χ2v) is 10.5. The maximum atomic E-state index is 13.2. The predicted molar refractivity (Wildman–Crippen MR) is 124 cm³/mol. The Morgan fingerprint density at radius 2 is 1.84 bits per heavy atom. The lowest BCUT2D eigenvalue weighted by Gasteiger charge is -2.23. The predicted octanol–water partition coefficient (Wildman–Crippen LogP) is 3.78. The van der Waals surface area contributed by atoms with Gasteiger partial charge in [0.25, 0.3) is 15.7 Å². The summed E-state index contributed by atoms with van der Waals surface area (Å²) in [4.78, 5) is 23.0. The highest BCUT2D eigenvalue weighted by atomic mass is 32.2. The van der Waals surface area contributed by atoms with Crippen LogP contribution in [0.1, 0.15) is 13.3 Å². The van der Waals surface area contributed by atoms with E-state index in [0.29, 0.717) is 4.34 Å². The molecule has 10 nitrogen and oxygen atoms in total. The van der Waals surface area contributed by atoms with Gasteiger partial charge in [0.2, 0.25) is 11.0 Å². The maximum Gasteiger partial charge on any atom is 0.269 e. The molecule has 0 aliphatic rings. The van der Waals surface area contributed by atoms with Crippen LogP contribution in [0.2, 0.25) is 0 Å². The number of nitrogens with one attached hydrogen (secondary N) is 1. The van der Waals surface area contributed by atoms with E-state index in [-0.39, 0.29) is 21.4 Å². The van der Waals surface area contributed by atoms with Gasteiger partial charge in [-0.05, 0) is 30.7 Å². The molecule has 13 heteroatoms. The number of carbonyl (C=O) groups excluding carboxylic acids is 1. The fourth-order valence-corrected chi connectivity index (χ4v) is 5.71. The van der Waals surface area contributed by atoms with Crippen molar-refractivity contribution in [2.75, 3.05) is 21.9 Å². The van der Waals surface area contributed by atoms with Crippen LogP contribution in [0.3, 0.4) is 0 Å². The Hall–Kier alpha value is -3.03. The van der Waals surface area contributed by atoms with Gasteiger partial charge in [-0.1, -0.05) is 48.2 Å². The number of benzene rings is 2. The molecular weight excluding hydrogens is 474 g/mol. The first-order valence-electron chi connectivity index (χ1n) is 9.39. The average Bonchev–Trinajstić information content (AvgIpc) is 3.23. The third-order valence-electron chi connectivity index (χ3n) is 4.05. The summed E-state index contributed by atoms with van der Waals surface area (Å²) in [6.45, 7) is 1.49. The zero-order valence-electron chi connectivity index (χ0n) is 16.9. The lowest BCUT2D eigenvalue weighted by molar-refractivity contribution is -0.384. The van der Waals surface area contributed by atoms with Crippen LogP contribution in [-0.2, 0) is 14.8 Å². The third kappa shape index (κ3) is 5.81. The molecule has 168 valence electrons. The molecule has 2 aromatic carbocycles. The number of non-ortho nitro benzene ring substituents is 1. The molecule has 3 aromatic rings. The molecule has 1 aromatic heterocycles. The fourth-order valence-electron chi connectivity index (χ4n) is 2.57. The molecule has 1 heterocycles. The van der Waals surface area contributed by atoms with E-state index in [4.69, 9.17) is 0 Å². The number of aromatic nitrogens is 2. The van der Waals surface area contributed by atoms with Crippen LogP contribution in [0.4, 0.5) is 16.5 Å². The van der Waals surface area contributed by atoms with Gasteiger partial charge < -0.3 is 0 Å². The van der Waals surface area contributed by atoms with Crippen LogP contribution in [0, 0.1) is 10.1 Å². The Morgan fingerprint density at radius 1 is 1.16 bits per heavy atom. The van der Waals surface area contributed by atoms with Gasteiger partial charge in [-0.2, -0.15) is 0 Å². The first kappa shape index (κ1) is 23.6. The number of amides is 1. The number of nitro benzene ring substituents is 1. The molecule has 0 saturated carbocycles. The van der Waals surface area contributed by atoms with E-state index in [9.17, 15) is 23.3 Å². The Labute approximate surface area is 192 Å².